The molecule has 1 saturated heterocycles. The monoisotopic (exact) mass is 402 g/mol. The van der Waals surface area contributed by atoms with Crippen molar-refractivity contribution in [1.82, 2.24) is 9.80 Å². The summed E-state index contributed by atoms with van der Waals surface area (Å²) in [6.45, 7) is 2.57. The van der Waals surface area contributed by atoms with Crippen LogP contribution in [0.1, 0.15) is 22.3 Å². The van der Waals surface area contributed by atoms with Gasteiger partial charge in [0.15, 0.2) is 0 Å². The molecule has 1 aliphatic rings. The molecule has 4 rings (SSSR count). The van der Waals surface area contributed by atoms with Crippen molar-refractivity contribution in [3.63, 3.8) is 0 Å². The molecule has 154 valence electrons. The molecule has 0 aromatic heterocycles. The van der Waals surface area contributed by atoms with Crippen molar-refractivity contribution >= 4 is 22.6 Å². The average molecular weight is 402 g/mol. The van der Waals surface area contributed by atoms with Crippen molar-refractivity contribution in [2.24, 2.45) is 0 Å². The van der Waals surface area contributed by atoms with Gasteiger partial charge in [-0.05, 0) is 28.8 Å². The van der Waals surface area contributed by atoms with Gasteiger partial charge in [0.1, 0.15) is 0 Å². The number of carbonyl (C=O) groups excluding carboxylic acids is 1. The van der Waals surface area contributed by atoms with Gasteiger partial charge in [0.25, 0.3) is 5.91 Å². The lowest BCUT2D eigenvalue weighted by molar-refractivity contribution is -0.138. The van der Waals surface area contributed by atoms with E-state index < -0.39 is 5.97 Å². The first-order valence-corrected chi connectivity index (χ1v) is 10.4. The van der Waals surface area contributed by atoms with E-state index in [1.807, 2.05) is 77.7 Å². The second-order valence-corrected chi connectivity index (χ2v) is 7.80. The molecule has 1 atom stereocenters. The van der Waals surface area contributed by atoms with Gasteiger partial charge >= 0.3 is 5.97 Å². The number of hydrogen-bond donors (Lipinski definition) is 1. The molecule has 0 saturated carbocycles. The van der Waals surface area contributed by atoms with Gasteiger partial charge in [0.05, 0.1) is 6.42 Å². The fourth-order valence-corrected chi connectivity index (χ4v) is 4.29. The lowest BCUT2D eigenvalue weighted by Crippen LogP contribution is -2.53. The number of amides is 1. The number of nitrogens with zero attached hydrogens (tertiary/aromatic N) is 2. The second kappa shape index (κ2) is 9.09. The number of rotatable bonds is 6. The Morgan fingerprint density at radius 1 is 0.833 bits per heavy atom. The van der Waals surface area contributed by atoms with Crippen LogP contribution in [0.25, 0.3) is 10.8 Å². The van der Waals surface area contributed by atoms with Crippen LogP contribution in [-0.2, 0) is 11.2 Å². The second-order valence-electron chi connectivity index (χ2n) is 7.80. The van der Waals surface area contributed by atoms with E-state index in [4.69, 9.17) is 0 Å². The molecule has 30 heavy (non-hydrogen) atoms. The van der Waals surface area contributed by atoms with Crippen LogP contribution in [0.5, 0.6) is 0 Å². The molecule has 0 radical (unpaired) electrons. The molecule has 3 aromatic rings. The van der Waals surface area contributed by atoms with Crippen LogP contribution in [0.3, 0.4) is 0 Å². The van der Waals surface area contributed by atoms with Gasteiger partial charge in [-0.1, -0.05) is 66.7 Å². The normalized spacial score (nSPS) is 15.8. The van der Waals surface area contributed by atoms with Crippen molar-refractivity contribution in [2.45, 2.75) is 18.9 Å². The minimum absolute atomic E-state index is 0.0456. The van der Waals surface area contributed by atoms with Crippen LogP contribution < -0.4 is 0 Å². The minimum Gasteiger partial charge on any atom is -0.481 e. The Hall–Kier alpha value is -3.18. The summed E-state index contributed by atoms with van der Waals surface area (Å²) in [7, 11) is 0. The molecule has 1 amide bonds. The van der Waals surface area contributed by atoms with E-state index >= 15 is 0 Å². The molecule has 5 nitrogen and oxygen atoms in total. The fraction of sp³-hybridized carbons (Fsp3) is 0.280. The van der Waals surface area contributed by atoms with Crippen molar-refractivity contribution in [2.75, 3.05) is 26.2 Å². The molecule has 0 spiro atoms. The maximum atomic E-state index is 13.2. The van der Waals surface area contributed by atoms with E-state index in [1.165, 1.54) is 0 Å². The molecule has 1 N–H and O–H groups in total. The summed E-state index contributed by atoms with van der Waals surface area (Å²) in [4.78, 5) is 28.7. The first-order valence-electron chi connectivity index (χ1n) is 10.4. The van der Waals surface area contributed by atoms with Crippen LogP contribution in [0, 0.1) is 0 Å². The third-order valence-corrected chi connectivity index (χ3v) is 5.86. The predicted molar refractivity (Wildman–Crippen MR) is 118 cm³/mol. The zero-order chi connectivity index (χ0) is 20.9. The Balaban J connectivity index is 1.45. The van der Waals surface area contributed by atoms with Gasteiger partial charge in [-0.3, -0.25) is 14.5 Å². The molecule has 0 aliphatic carbocycles. The topological polar surface area (TPSA) is 60.9 Å². The van der Waals surface area contributed by atoms with Crippen molar-refractivity contribution < 1.29 is 14.7 Å². The SMILES string of the molecule is O=C(O)CC(Cc1ccccc1)N1CCN(C(=O)c2cccc3ccccc23)CC1. The highest BCUT2D eigenvalue weighted by Crippen LogP contribution is 2.22. The minimum atomic E-state index is -0.787. The quantitative estimate of drug-likeness (QED) is 0.683. The predicted octanol–water partition coefficient (Wildman–Crippen LogP) is 3.68. The molecule has 1 heterocycles. The van der Waals surface area contributed by atoms with Gasteiger partial charge in [0, 0.05) is 37.8 Å². The van der Waals surface area contributed by atoms with E-state index in [2.05, 4.69) is 4.90 Å². The summed E-state index contributed by atoms with van der Waals surface area (Å²) in [5.41, 5.74) is 1.87. The number of fused-ring (bicyclic) bond motifs is 1. The highest BCUT2D eigenvalue weighted by Gasteiger charge is 2.28. The Bertz CT molecular complexity index is 1020. The summed E-state index contributed by atoms with van der Waals surface area (Å²) < 4.78 is 0. The van der Waals surface area contributed by atoms with Crippen molar-refractivity contribution in [3.8, 4) is 0 Å². The standard InChI is InChI=1S/C25H26N2O3/c28-24(29)18-21(17-19-7-2-1-3-8-19)26-13-15-27(16-14-26)25(30)23-12-6-10-20-9-4-5-11-22(20)23/h1-12,21H,13-18H2,(H,28,29). The first kappa shape index (κ1) is 20.1. The largest absolute Gasteiger partial charge is 0.481 e. The van der Waals surface area contributed by atoms with E-state index in [0.29, 0.717) is 32.6 Å². The first-order chi connectivity index (χ1) is 14.6. The molecule has 3 aromatic carbocycles. The fourth-order valence-electron chi connectivity index (χ4n) is 4.29. The number of piperazine rings is 1. The zero-order valence-corrected chi connectivity index (χ0v) is 16.9. The highest BCUT2D eigenvalue weighted by atomic mass is 16.4. The number of carboxylic acids is 1. The molecule has 1 unspecified atom stereocenters. The third kappa shape index (κ3) is 4.52. The van der Waals surface area contributed by atoms with E-state index in [9.17, 15) is 14.7 Å². The van der Waals surface area contributed by atoms with Crippen LogP contribution in [0.15, 0.2) is 72.8 Å². The molecule has 1 aliphatic heterocycles. The van der Waals surface area contributed by atoms with E-state index in [-0.39, 0.29) is 18.4 Å². The van der Waals surface area contributed by atoms with Crippen LogP contribution >= 0.6 is 0 Å². The maximum Gasteiger partial charge on any atom is 0.304 e. The Morgan fingerprint density at radius 2 is 1.50 bits per heavy atom. The number of carbonyl (C=O) groups is 2. The zero-order valence-electron chi connectivity index (χ0n) is 16.9. The summed E-state index contributed by atoms with van der Waals surface area (Å²) in [5.74, 6) is -0.741. The van der Waals surface area contributed by atoms with Crippen molar-refractivity contribution in [1.29, 1.82) is 0 Å². The van der Waals surface area contributed by atoms with Gasteiger partial charge in [-0.25, -0.2) is 0 Å². The summed E-state index contributed by atoms with van der Waals surface area (Å²) >= 11 is 0. The van der Waals surface area contributed by atoms with Crippen LogP contribution in [-0.4, -0.2) is 59.0 Å². The molecule has 1 fully saturated rings. The molecular formula is C25H26N2O3. The lowest BCUT2D eigenvalue weighted by Gasteiger charge is -2.39. The molecular weight excluding hydrogens is 376 g/mol. The highest BCUT2D eigenvalue weighted by molar-refractivity contribution is 6.07. The van der Waals surface area contributed by atoms with Crippen molar-refractivity contribution in [3.05, 3.63) is 83.9 Å². The van der Waals surface area contributed by atoms with Gasteiger partial charge in [-0.2, -0.15) is 0 Å². The summed E-state index contributed by atoms with van der Waals surface area (Å²) in [5, 5.41) is 11.4. The van der Waals surface area contributed by atoms with Gasteiger partial charge < -0.3 is 10.0 Å². The van der Waals surface area contributed by atoms with Gasteiger partial charge in [0.2, 0.25) is 0 Å². The lowest BCUT2D eigenvalue weighted by atomic mass is 10.0. The number of aliphatic carboxylic acids is 1. The van der Waals surface area contributed by atoms with E-state index in [0.717, 1.165) is 21.9 Å². The number of hydrogen-bond acceptors (Lipinski definition) is 3. The average Bonchev–Trinajstić information content (AvgIpc) is 2.78. The Labute approximate surface area is 176 Å². The number of carboxylic acid groups (broad SMARTS) is 1. The smallest absolute Gasteiger partial charge is 0.304 e. The van der Waals surface area contributed by atoms with Crippen LogP contribution in [0.2, 0.25) is 0 Å². The Kier molecular flexibility index (Phi) is 6.10. The maximum absolute atomic E-state index is 13.2. The molecule has 5 heteroatoms. The molecule has 0 bridgehead atoms. The third-order valence-electron chi connectivity index (χ3n) is 5.86. The van der Waals surface area contributed by atoms with E-state index in [1.54, 1.807) is 0 Å². The van der Waals surface area contributed by atoms with Crippen LogP contribution in [0.4, 0.5) is 0 Å². The number of benzene rings is 3. The summed E-state index contributed by atoms with van der Waals surface area (Å²) in [6.07, 6.45) is 0.802. The van der Waals surface area contributed by atoms with Gasteiger partial charge in [-0.15, -0.1) is 0 Å². The Morgan fingerprint density at radius 3 is 2.23 bits per heavy atom. The summed E-state index contributed by atoms with van der Waals surface area (Å²) in [6, 6.07) is 23.7.